The number of nitrogens with zero attached hydrogens (tertiary/aromatic N) is 5. The molecule has 0 aliphatic carbocycles. The third kappa shape index (κ3) is 3.17. The molecule has 0 N–H and O–H groups in total. The van der Waals surface area contributed by atoms with Crippen molar-refractivity contribution in [2.45, 2.75) is 12.5 Å². The molecule has 2 aliphatic heterocycles. The second-order valence-corrected chi connectivity index (χ2v) is 7.80. The summed E-state index contributed by atoms with van der Waals surface area (Å²) in [5.41, 5.74) is 3.45. The fourth-order valence-electron chi connectivity index (χ4n) is 4.67. The van der Waals surface area contributed by atoms with Crippen molar-refractivity contribution in [3.05, 3.63) is 66.4 Å². The van der Waals surface area contributed by atoms with Crippen LogP contribution in [0, 0.1) is 11.3 Å². The summed E-state index contributed by atoms with van der Waals surface area (Å²) in [5, 5.41) is 10.6. The number of para-hydroxylation sites is 2. The molecule has 2 aliphatic rings. The van der Waals surface area contributed by atoms with E-state index < -0.39 is 0 Å². The van der Waals surface area contributed by atoms with E-state index >= 15 is 0 Å². The van der Waals surface area contributed by atoms with Gasteiger partial charge < -0.3 is 9.80 Å². The Labute approximate surface area is 175 Å². The highest BCUT2D eigenvalue weighted by molar-refractivity contribution is 5.99. The van der Waals surface area contributed by atoms with Gasteiger partial charge in [0.1, 0.15) is 6.07 Å². The average Bonchev–Trinajstić information content (AvgIpc) is 3.20. The molecule has 6 nitrogen and oxygen atoms in total. The van der Waals surface area contributed by atoms with Crippen molar-refractivity contribution in [1.82, 2.24) is 9.88 Å². The van der Waals surface area contributed by atoms with Gasteiger partial charge in [0.05, 0.1) is 22.8 Å². The largest absolute Gasteiger partial charge is 0.367 e. The monoisotopic (exact) mass is 397 g/mol. The maximum atomic E-state index is 13.1. The van der Waals surface area contributed by atoms with Gasteiger partial charge in [0, 0.05) is 50.0 Å². The van der Waals surface area contributed by atoms with E-state index in [1.54, 1.807) is 6.20 Å². The minimum absolute atomic E-state index is 0.0584. The zero-order valence-corrected chi connectivity index (χ0v) is 16.7. The number of fused-ring (bicyclic) bond motifs is 1. The highest BCUT2D eigenvalue weighted by Gasteiger charge is 2.38. The number of nitriles is 1. The Bertz CT molecular complexity index is 1120. The molecule has 6 heteroatoms. The predicted molar refractivity (Wildman–Crippen MR) is 117 cm³/mol. The summed E-state index contributed by atoms with van der Waals surface area (Å²) in [7, 11) is 0. The van der Waals surface area contributed by atoms with Crippen LogP contribution < -0.4 is 9.80 Å². The number of amides is 1. The Morgan fingerprint density at radius 3 is 2.43 bits per heavy atom. The van der Waals surface area contributed by atoms with Crippen LogP contribution in [0.2, 0.25) is 0 Å². The second kappa shape index (κ2) is 7.77. The molecule has 3 aromatic rings. The Morgan fingerprint density at radius 1 is 0.933 bits per heavy atom. The number of hydrogen-bond donors (Lipinski definition) is 0. The maximum absolute atomic E-state index is 13.1. The number of rotatable bonds is 3. The number of benzene rings is 2. The van der Waals surface area contributed by atoms with Crippen molar-refractivity contribution in [3.8, 4) is 6.07 Å². The highest BCUT2D eigenvalue weighted by atomic mass is 16.2. The summed E-state index contributed by atoms with van der Waals surface area (Å²) in [6.45, 7) is 3.96. The van der Waals surface area contributed by atoms with Crippen molar-refractivity contribution in [2.75, 3.05) is 42.5 Å². The van der Waals surface area contributed by atoms with E-state index in [0.29, 0.717) is 5.56 Å². The molecule has 150 valence electrons. The van der Waals surface area contributed by atoms with Gasteiger partial charge in [-0.25, -0.2) is 0 Å². The minimum Gasteiger partial charge on any atom is -0.367 e. The molecule has 5 rings (SSSR count). The molecule has 1 aromatic heterocycles. The topological polar surface area (TPSA) is 63.5 Å². The molecule has 2 aromatic carbocycles. The molecule has 1 amide bonds. The van der Waals surface area contributed by atoms with Crippen molar-refractivity contribution >= 4 is 28.2 Å². The van der Waals surface area contributed by atoms with Crippen molar-refractivity contribution in [2.24, 2.45) is 0 Å². The highest BCUT2D eigenvalue weighted by Crippen LogP contribution is 2.31. The Balaban J connectivity index is 1.33. The van der Waals surface area contributed by atoms with E-state index in [2.05, 4.69) is 20.9 Å². The number of carbonyl (C=O) groups excluding carboxylic acids is 1. The normalized spacial score (nSPS) is 20.0. The number of hydrogen-bond acceptors (Lipinski definition) is 5. The molecule has 0 saturated carbocycles. The summed E-state index contributed by atoms with van der Waals surface area (Å²) in [6, 6.07) is 20.1. The van der Waals surface area contributed by atoms with E-state index in [9.17, 15) is 10.1 Å². The standard InChI is InChI=1S/C24H23N5O/c25-16-18-17-26-21-9-5-4-8-20(21)23(18)28-14-12-27(13-15-28)22-10-11-29(24(22)30)19-6-2-1-3-7-19/h1-9,17,22H,10-15H2. The lowest BCUT2D eigenvalue weighted by Crippen LogP contribution is -2.52. The fraction of sp³-hybridized carbons (Fsp3) is 0.292. The number of anilines is 2. The van der Waals surface area contributed by atoms with Gasteiger partial charge in [0.2, 0.25) is 5.91 Å². The Morgan fingerprint density at radius 2 is 1.67 bits per heavy atom. The summed E-state index contributed by atoms with van der Waals surface area (Å²) >= 11 is 0. The Kier molecular flexibility index (Phi) is 4.82. The van der Waals surface area contributed by atoms with E-state index in [0.717, 1.165) is 61.4 Å². The third-order valence-electron chi connectivity index (χ3n) is 6.18. The van der Waals surface area contributed by atoms with Crippen LogP contribution in [0.1, 0.15) is 12.0 Å². The molecule has 0 bridgehead atoms. The van der Waals surface area contributed by atoms with Crippen LogP contribution in [-0.4, -0.2) is 54.6 Å². The second-order valence-electron chi connectivity index (χ2n) is 7.80. The van der Waals surface area contributed by atoms with E-state index in [1.807, 2.05) is 59.5 Å². The quantitative estimate of drug-likeness (QED) is 0.680. The van der Waals surface area contributed by atoms with Crippen LogP contribution in [0.3, 0.4) is 0 Å². The van der Waals surface area contributed by atoms with E-state index in [-0.39, 0.29) is 11.9 Å². The van der Waals surface area contributed by atoms with E-state index in [4.69, 9.17) is 0 Å². The Hall–Kier alpha value is -3.43. The van der Waals surface area contributed by atoms with Crippen LogP contribution >= 0.6 is 0 Å². The zero-order valence-electron chi connectivity index (χ0n) is 16.7. The summed E-state index contributed by atoms with van der Waals surface area (Å²) in [6.07, 6.45) is 2.53. The first-order valence-electron chi connectivity index (χ1n) is 10.4. The smallest absolute Gasteiger partial charge is 0.244 e. The van der Waals surface area contributed by atoms with E-state index in [1.165, 1.54) is 0 Å². The lowest BCUT2D eigenvalue weighted by Gasteiger charge is -2.39. The zero-order chi connectivity index (χ0) is 20.5. The molecular formula is C24H23N5O. The molecule has 2 saturated heterocycles. The minimum atomic E-state index is -0.0584. The fourth-order valence-corrected chi connectivity index (χ4v) is 4.67. The van der Waals surface area contributed by atoms with Crippen molar-refractivity contribution in [3.63, 3.8) is 0 Å². The maximum Gasteiger partial charge on any atom is 0.244 e. The van der Waals surface area contributed by atoms with Crippen LogP contribution in [0.5, 0.6) is 0 Å². The first-order chi connectivity index (χ1) is 14.8. The van der Waals surface area contributed by atoms with Gasteiger partial charge in [0.15, 0.2) is 0 Å². The van der Waals surface area contributed by atoms with Gasteiger partial charge in [-0.05, 0) is 24.6 Å². The van der Waals surface area contributed by atoms with Crippen molar-refractivity contribution in [1.29, 1.82) is 5.26 Å². The summed E-state index contributed by atoms with van der Waals surface area (Å²) < 4.78 is 0. The average molecular weight is 397 g/mol. The van der Waals surface area contributed by atoms with Crippen molar-refractivity contribution < 1.29 is 4.79 Å². The van der Waals surface area contributed by atoms with Crippen LogP contribution in [0.15, 0.2) is 60.8 Å². The molecule has 30 heavy (non-hydrogen) atoms. The van der Waals surface area contributed by atoms with Crippen LogP contribution in [-0.2, 0) is 4.79 Å². The summed E-state index contributed by atoms with van der Waals surface area (Å²) in [4.78, 5) is 24.0. The van der Waals surface area contributed by atoms with Gasteiger partial charge in [-0.3, -0.25) is 14.7 Å². The number of aromatic nitrogens is 1. The molecule has 0 spiro atoms. The molecule has 1 unspecified atom stereocenters. The number of pyridine rings is 1. The van der Waals surface area contributed by atoms with Crippen LogP contribution in [0.25, 0.3) is 10.9 Å². The molecular weight excluding hydrogens is 374 g/mol. The molecule has 2 fully saturated rings. The number of carbonyl (C=O) groups is 1. The molecule has 0 radical (unpaired) electrons. The lowest BCUT2D eigenvalue weighted by molar-refractivity contribution is -0.121. The predicted octanol–water partition coefficient (Wildman–Crippen LogP) is 3.03. The molecule has 1 atom stereocenters. The van der Waals surface area contributed by atoms with Gasteiger partial charge in [-0.2, -0.15) is 5.26 Å². The third-order valence-corrected chi connectivity index (χ3v) is 6.18. The van der Waals surface area contributed by atoms with Gasteiger partial charge in [-0.1, -0.05) is 36.4 Å². The number of piperazine rings is 1. The van der Waals surface area contributed by atoms with Gasteiger partial charge in [0.25, 0.3) is 0 Å². The van der Waals surface area contributed by atoms with Gasteiger partial charge >= 0.3 is 0 Å². The SMILES string of the molecule is N#Cc1cnc2ccccc2c1N1CCN(C2CCN(c3ccccc3)C2=O)CC1. The first-order valence-corrected chi connectivity index (χ1v) is 10.4. The first kappa shape index (κ1) is 18.6. The van der Waals surface area contributed by atoms with Crippen LogP contribution in [0.4, 0.5) is 11.4 Å². The lowest BCUT2D eigenvalue weighted by atomic mass is 10.1. The summed E-state index contributed by atoms with van der Waals surface area (Å²) in [5.74, 6) is 0.196. The van der Waals surface area contributed by atoms with Gasteiger partial charge in [-0.15, -0.1) is 0 Å². The molecule has 3 heterocycles.